The minimum atomic E-state index is -4.14. The lowest BCUT2D eigenvalue weighted by Crippen LogP contribution is -2.15. The molecule has 1 aromatic heterocycles. The molecule has 11 heteroatoms. The van der Waals surface area contributed by atoms with Crippen molar-refractivity contribution in [1.29, 1.82) is 0 Å². The van der Waals surface area contributed by atoms with Gasteiger partial charge < -0.3 is 4.57 Å². The van der Waals surface area contributed by atoms with E-state index in [1.165, 1.54) is 24.3 Å². The third-order valence-electron chi connectivity index (χ3n) is 5.24. The number of halogens is 1. The van der Waals surface area contributed by atoms with Crippen LogP contribution in [0.3, 0.4) is 0 Å². The molecule has 0 radical (unpaired) electrons. The van der Waals surface area contributed by atoms with Crippen molar-refractivity contribution in [2.45, 2.75) is 44.0 Å². The van der Waals surface area contributed by atoms with Gasteiger partial charge in [-0.25, -0.2) is 12.8 Å². The Kier molecular flexibility index (Phi) is 5.44. The zero-order chi connectivity index (χ0) is 22.2. The van der Waals surface area contributed by atoms with Gasteiger partial charge in [0.25, 0.3) is 15.7 Å². The number of anilines is 1. The molecule has 0 unspecified atom stereocenters. The molecule has 162 valence electrons. The van der Waals surface area contributed by atoms with Gasteiger partial charge in [0.1, 0.15) is 11.6 Å². The maximum absolute atomic E-state index is 14.6. The highest BCUT2D eigenvalue weighted by Gasteiger charge is 2.23. The van der Waals surface area contributed by atoms with Gasteiger partial charge in [0, 0.05) is 30.8 Å². The lowest BCUT2D eigenvalue weighted by atomic mass is 10.1. The van der Waals surface area contributed by atoms with E-state index in [4.69, 9.17) is 0 Å². The van der Waals surface area contributed by atoms with Crippen molar-refractivity contribution < 1.29 is 17.7 Å². The molecule has 1 N–H and O–H groups in total. The van der Waals surface area contributed by atoms with Crippen LogP contribution in [0.15, 0.2) is 41.3 Å². The molecule has 0 spiro atoms. The van der Waals surface area contributed by atoms with Crippen molar-refractivity contribution in [2.75, 3.05) is 4.72 Å². The van der Waals surface area contributed by atoms with Gasteiger partial charge in [-0.1, -0.05) is 12.5 Å². The summed E-state index contributed by atoms with van der Waals surface area (Å²) in [6.45, 7) is 2.21. The van der Waals surface area contributed by atoms with E-state index in [1.54, 1.807) is 6.92 Å². The SMILES string of the molecule is Cc1ccc([N+](=O)[O-])cc1S(=O)(=O)Nc1ccc(F)c(-c2nnc3n2CCCCC3)c1. The molecule has 1 aliphatic heterocycles. The first-order valence-electron chi connectivity index (χ1n) is 9.76. The maximum atomic E-state index is 14.6. The van der Waals surface area contributed by atoms with Crippen LogP contribution in [0.2, 0.25) is 0 Å². The number of nitrogens with zero attached hydrogens (tertiary/aromatic N) is 4. The Balaban J connectivity index is 1.71. The van der Waals surface area contributed by atoms with Crippen LogP contribution < -0.4 is 4.72 Å². The Morgan fingerprint density at radius 2 is 1.94 bits per heavy atom. The fraction of sp³-hybridized carbons (Fsp3) is 0.300. The highest BCUT2D eigenvalue weighted by atomic mass is 32.2. The molecule has 0 atom stereocenters. The molecule has 0 aliphatic carbocycles. The van der Waals surface area contributed by atoms with Crippen LogP contribution in [-0.2, 0) is 23.0 Å². The van der Waals surface area contributed by atoms with Gasteiger partial charge in [0.05, 0.1) is 15.4 Å². The van der Waals surface area contributed by atoms with E-state index in [0.29, 0.717) is 17.9 Å². The smallest absolute Gasteiger partial charge is 0.270 e. The number of rotatable bonds is 5. The summed E-state index contributed by atoms with van der Waals surface area (Å²) in [6.07, 6.45) is 3.72. The number of hydrogen-bond acceptors (Lipinski definition) is 6. The number of non-ortho nitro benzene ring substituents is 1. The van der Waals surface area contributed by atoms with Gasteiger partial charge in [-0.2, -0.15) is 0 Å². The molecule has 0 bridgehead atoms. The van der Waals surface area contributed by atoms with Crippen LogP contribution in [0, 0.1) is 22.9 Å². The second-order valence-corrected chi connectivity index (χ2v) is 9.06. The van der Waals surface area contributed by atoms with Gasteiger partial charge in [-0.15, -0.1) is 10.2 Å². The van der Waals surface area contributed by atoms with E-state index in [1.807, 2.05) is 4.57 Å². The predicted octanol–water partition coefficient (Wildman–Crippen LogP) is 3.83. The summed E-state index contributed by atoms with van der Waals surface area (Å²) < 4.78 is 44.7. The van der Waals surface area contributed by atoms with E-state index in [9.17, 15) is 22.9 Å². The third kappa shape index (κ3) is 4.13. The Morgan fingerprint density at radius 3 is 2.71 bits per heavy atom. The summed E-state index contributed by atoms with van der Waals surface area (Å²) in [5.41, 5.74) is 0.269. The predicted molar refractivity (Wildman–Crippen MR) is 112 cm³/mol. The second kappa shape index (κ2) is 8.06. The number of nitrogens with one attached hydrogen (secondary N) is 1. The molecular weight excluding hydrogens is 425 g/mol. The van der Waals surface area contributed by atoms with Crippen LogP contribution >= 0.6 is 0 Å². The Hall–Kier alpha value is -3.34. The van der Waals surface area contributed by atoms with Crippen molar-refractivity contribution >= 4 is 21.4 Å². The third-order valence-corrected chi connectivity index (χ3v) is 6.76. The normalized spacial score (nSPS) is 14.0. The summed E-state index contributed by atoms with van der Waals surface area (Å²) in [5.74, 6) is 0.584. The molecule has 9 nitrogen and oxygen atoms in total. The van der Waals surface area contributed by atoms with Crippen molar-refractivity contribution in [2.24, 2.45) is 0 Å². The van der Waals surface area contributed by atoms with E-state index >= 15 is 0 Å². The van der Waals surface area contributed by atoms with Gasteiger partial charge in [0.15, 0.2) is 5.82 Å². The number of benzene rings is 2. The molecule has 2 heterocycles. The molecule has 0 saturated heterocycles. The molecule has 0 fully saturated rings. The Morgan fingerprint density at radius 1 is 1.13 bits per heavy atom. The van der Waals surface area contributed by atoms with Crippen LogP contribution in [0.1, 0.15) is 30.7 Å². The summed E-state index contributed by atoms with van der Waals surface area (Å²) in [5, 5.41) is 19.3. The van der Waals surface area contributed by atoms with Gasteiger partial charge >= 0.3 is 0 Å². The van der Waals surface area contributed by atoms with E-state index in [2.05, 4.69) is 14.9 Å². The highest BCUT2D eigenvalue weighted by molar-refractivity contribution is 7.92. The van der Waals surface area contributed by atoms with E-state index in [-0.39, 0.29) is 21.8 Å². The standard InChI is InChI=1S/C20H20FN5O4S/c1-13-6-8-15(26(27)28)12-18(13)31(29,30)24-14-7-9-17(21)16(11-14)20-23-22-19-5-3-2-4-10-25(19)20/h6-9,11-12,24H,2-5,10H2,1H3. The van der Waals surface area contributed by atoms with Crippen molar-refractivity contribution in [1.82, 2.24) is 14.8 Å². The molecular formula is C20H20FN5O4S. The van der Waals surface area contributed by atoms with Crippen molar-refractivity contribution in [3.63, 3.8) is 0 Å². The number of sulfonamides is 1. The largest absolute Gasteiger partial charge is 0.311 e. The van der Waals surface area contributed by atoms with Gasteiger partial charge in [0.2, 0.25) is 0 Å². The average molecular weight is 445 g/mol. The maximum Gasteiger partial charge on any atom is 0.270 e. The van der Waals surface area contributed by atoms with Crippen LogP contribution in [0.25, 0.3) is 11.4 Å². The number of fused-ring (bicyclic) bond motifs is 1. The molecule has 2 aromatic carbocycles. The number of hydrogen-bond donors (Lipinski definition) is 1. The van der Waals surface area contributed by atoms with E-state index in [0.717, 1.165) is 43.6 Å². The summed E-state index contributed by atoms with van der Waals surface area (Å²) >= 11 is 0. The number of nitro benzene ring substituents is 1. The second-order valence-electron chi connectivity index (χ2n) is 7.41. The summed E-state index contributed by atoms with van der Waals surface area (Å²) in [4.78, 5) is 10.2. The monoisotopic (exact) mass is 445 g/mol. The van der Waals surface area contributed by atoms with Crippen molar-refractivity contribution in [3.05, 3.63) is 63.7 Å². The van der Waals surface area contributed by atoms with Crippen LogP contribution in [0.5, 0.6) is 0 Å². The fourth-order valence-electron chi connectivity index (χ4n) is 3.65. The number of nitro groups is 1. The highest BCUT2D eigenvalue weighted by Crippen LogP contribution is 2.29. The minimum absolute atomic E-state index is 0.119. The van der Waals surface area contributed by atoms with E-state index < -0.39 is 20.8 Å². The first kappa shape index (κ1) is 20.9. The van der Waals surface area contributed by atoms with Crippen LogP contribution in [0.4, 0.5) is 15.8 Å². The Labute approximate surface area is 178 Å². The Bertz CT molecular complexity index is 1270. The zero-order valence-electron chi connectivity index (χ0n) is 16.7. The molecule has 4 rings (SSSR count). The minimum Gasteiger partial charge on any atom is -0.311 e. The summed E-state index contributed by atoms with van der Waals surface area (Å²) in [7, 11) is -4.14. The average Bonchev–Trinajstić information content (AvgIpc) is 2.97. The van der Waals surface area contributed by atoms with Gasteiger partial charge in [-0.05, 0) is 43.5 Å². The lowest BCUT2D eigenvalue weighted by Gasteiger charge is -2.12. The quantitative estimate of drug-likeness (QED) is 0.471. The lowest BCUT2D eigenvalue weighted by molar-refractivity contribution is -0.385. The molecule has 31 heavy (non-hydrogen) atoms. The summed E-state index contributed by atoms with van der Waals surface area (Å²) in [6, 6.07) is 7.42. The number of aryl methyl sites for hydroxylation is 2. The van der Waals surface area contributed by atoms with Gasteiger partial charge in [-0.3, -0.25) is 14.8 Å². The molecule has 3 aromatic rings. The zero-order valence-corrected chi connectivity index (χ0v) is 17.5. The molecule has 0 saturated carbocycles. The van der Waals surface area contributed by atoms with Crippen molar-refractivity contribution in [3.8, 4) is 11.4 Å². The first-order chi connectivity index (χ1) is 14.8. The number of aromatic nitrogens is 3. The molecule has 1 aliphatic rings. The first-order valence-corrected chi connectivity index (χ1v) is 11.2. The molecule has 0 amide bonds. The van der Waals surface area contributed by atoms with Crippen LogP contribution in [-0.4, -0.2) is 28.1 Å². The fourth-order valence-corrected chi connectivity index (χ4v) is 4.96. The topological polar surface area (TPSA) is 120 Å².